The lowest BCUT2D eigenvalue weighted by atomic mass is 9.77. The molecule has 2 fully saturated rings. The van der Waals surface area contributed by atoms with E-state index in [2.05, 4.69) is 0 Å². The first kappa shape index (κ1) is 30.0. The average molecular weight is 575 g/mol. The predicted octanol–water partition coefficient (Wildman–Crippen LogP) is 2.98. The van der Waals surface area contributed by atoms with Gasteiger partial charge in [-0.3, -0.25) is 19.3 Å². The number of benzene rings is 2. The molecule has 0 spiro atoms. The highest BCUT2D eigenvalue weighted by Gasteiger charge is 2.62. The van der Waals surface area contributed by atoms with Crippen LogP contribution >= 0.6 is 0 Å². The first-order valence-corrected chi connectivity index (χ1v) is 13.2. The standard InChI is InChI=1S/C29H33F3N4O5/c1-27(2,24(33)38)22(17-41-16-21-11-7-4-8-12-21)23(37)34-13-14-36-26(40)35(19-29(30,31)32)25(39)28(36,18-34)15-20-9-5-3-6-10-20/h3-12,22H,13-19H2,1-2H3,(H2,33,38)/t22-,28+/m1/s1. The van der Waals surface area contributed by atoms with Gasteiger partial charge in [0, 0.05) is 19.5 Å². The van der Waals surface area contributed by atoms with Crippen LogP contribution in [-0.2, 0) is 32.1 Å². The van der Waals surface area contributed by atoms with Gasteiger partial charge in [0.2, 0.25) is 11.8 Å². The largest absolute Gasteiger partial charge is 0.406 e. The number of rotatable bonds is 10. The Morgan fingerprint density at radius 3 is 2.12 bits per heavy atom. The third kappa shape index (κ3) is 6.22. The van der Waals surface area contributed by atoms with Gasteiger partial charge in [-0.1, -0.05) is 74.5 Å². The maximum Gasteiger partial charge on any atom is 0.406 e. The molecule has 5 amide bonds. The van der Waals surface area contributed by atoms with Crippen LogP contribution in [0.1, 0.15) is 25.0 Å². The van der Waals surface area contributed by atoms with E-state index in [-0.39, 0.29) is 44.2 Å². The molecule has 2 N–H and O–H groups in total. The molecule has 0 aromatic heterocycles. The monoisotopic (exact) mass is 574 g/mol. The smallest absolute Gasteiger partial charge is 0.376 e. The number of piperazine rings is 1. The number of nitrogens with zero attached hydrogens (tertiary/aromatic N) is 3. The highest BCUT2D eigenvalue weighted by atomic mass is 19.4. The fraction of sp³-hybridized carbons (Fsp3) is 0.448. The summed E-state index contributed by atoms with van der Waals surface area (Å²) in [6.45, 7) is 0.780. The predicted molar refractivity (Wildman–Crippen MR) is 142 cm³/mol. The number of primary amides is 1. The lowest BCUT2D eigenvalue weighted by molar-refractivity contribution is -0.159. The van der Waals surface area contributed by atoms with E-state index in [1.807, 2.05) is 30.3 Å². The minimum Gasteiger partial charge on any atom is -0.376 e. The Labute approximate surface area is 236 Å². The minimum absolute atomic E-state index is 0.0434. The second kappa shape index (κ2) is 11.5. The molecule has 0 radical (unpaired) electrons. The van der Waals surface area contributed by atoms with Crippen LogP contribution < -0.4 is 5.73 Å². The van der Waals surface area contributed by atoms with Gasteiger partial charge in [0.25, 0.3) is 5.91 Å². The zero-order valence-electron chi connectivity index (χ0n) is 22.9. The summed E-state index contributed by atoms with van der Waals surface area (Å²) in [4.78, 5) is 55.9. The second-order valence-electron chi connectivity index (χ2n) is 11.0. The summed E-state index contributed by atoms with van der Waals surface area (Å²) in [5.74, 6) is -3.35. The number of urea groups is 1. The van der Waals surface area contributed by atoms with E-state index in [1.165, 1.54) is 18.7 Å². The Bertz CT molecular complexity index is 1290. The van der Waals surface area contributed by atoms with Gasteiger partial charge >= 0.3 is 12.2 Å². The molecule has 2 atom stereocenters. The highest BCUT2D eigenvalue weighted by Crippen LogP contribution is 2.38. The molecule has 0 aliphatic carbocycles. The van der Waals surface area contributed by atoms with Crippen molar-refractivity contribution < 1.29 is 37.1 Å². The van der Waals surface area contributed by atoms with E-state index >= 15 is 0 Å². The number of imide groups is 1. The number of carbonyl (C=O) groups excluding carboxylic acids is 4. The number of hydrogen-bond acceptors (Lipinski definition) is 5. The Hall–Kier alpha value is -3.93. The van der Waals surface area contributed by atoms with Crippen LogP contribution in [0.15, 0.2) is 60.7 Å². The van der Waals surface area contributed by atoms with E-state index in [0.717, 1.165) is 10.5 Å². The van der Waals surface area contributed by atoms with Crippen molar-refractivity contribution in [3.63, 3.8) is 0 Å². The summed E-state index contributed by atoms with van der Waals surface area (Å²) in [6.07, 6.45) is -4.89. The number of alkyl halides is 3. The number of ether oxygens (including phenoxy) is 1. The molecule has 2 aliphatic heterocycles. The molecule has 4 rings (SSSR count). The number of nitrogens with two attached hydrogens (primary N) is 1. The quantitative estimate of drug-likeness (QED) is 0.439. The maximum atomic E-state index is 14.0. The molecule has 0 unspecified atom stereocenters. The van der Waals surface area contributed by atoms with E-state index in [4.69, 9.17) is 10.5 Å². The molecular weight excluding hydrogens is 541 g/mol. The fourth-order valence-corrected chi connectivity index (χ4v) is 5.38. The van der Waals surface area contributed by atoms with Crippen molar-refractivity contribution in [1.29, 1.82) is 0 Å². The third-order valence-electron chi connectivity index (χ3n) is 7.86. The van der Waals surface area contributed by atoms with Crippen molar-refractivity contribution >= 4 is 23.8 Å². The summed E-state index contributed by atoms with van der Waals surface area (Å²) < 4.78 is 45.9. The first-order valence-electron chi connectivity index (χ1n) is 13.2. The molecule has 9 nitrogen and oxygen atoms in total. The number of amides is 5. The molecular formula is C29H33F3N4O5. The van der Waals surface area contributed by atoms with Crippen LogP contribution in [-0.4, -0.2) is 83.0 Å². The minimum atomic E-state index is -4.80. The van der Waals surface area contributed by atoms with Crippen LogP contribution in [0.2, 0.25) is 0 Å². The van der Waals surface area contributed by atoms with Gasteiger partial charge in [-0.25, -0.2) is 4.79 Å². The second-order valence-corrected chi connectivity index (χ2v) is 11.0. The SMILES string of the molecule is CC(C)(C(N)=O)[C@H](COCc1ccccc1)C(=O)N1CCN2C(=O)N(CC(F)(F)F)C(=O)[C@]2(Cc2ccccc2)C1. The third-order valence-corrected chi connectivity index (χ3v) is 7.86. The number of hydrogen-bond donors (Lipinski definition) is 1. The van der Waals surface area contributed by atoms with Gasteiger partial charge in [0.05, 0.1) is 31.1 Å². The molecule has 2 aromatic rings. The molecule has 41 heavy (non-hydrogen) atoms. The Morgan fingerprint density at radius 2 is 1.56 bits per heavy atom. The summed E-state index contributed by atoms with van der Waals surface area (Å²) in [5, 5.41) is 0. The number of carbonyl (C=O) groups is 4. The highest BCUT2D eigenvalue weighted by molar-refractivity contribution is 6.08. The van der Waals surface area contributed by atoms with Crippen molar-refractivity contribution in [2.45, 2.75) is 38.6 Å². The molecule has 220 valence electrons. The Morgan fingerprint density at radius 1 is 0.976 bits per heavy atom. The van der Waals surface area contributed by atoms with Crippen LogP contribution in [0.3, 0.4) is 0 Å². The molecule has 2 aliphatic rings. The number of fused-ring (bicyclic) bond motifs is 1. The van der Waals surface area contributed by atoms with Crippen molar-refractivity contribution in [3.8, 4) is 0 Å². The normalized spacial score (nSPS) is 20.3. The van der Waals surface area contributed by atoms with E-state index in [0.29, 0.717) is 5.56 Å². The Balaban J connectivity index is 1.64. The van der Waals surface area contributed by atoms with Gasteiger partial charge < -0.3 is 20.3 Å². The first-order chi connectivity index (χ1) is 19.3. The summed E-state index contributed by atoms with van der Waals surface area (Å²) in [5.41, 5.74) is 4.03. The van der Waals surface area contributed by atoms with E-state index in [1.54, 1.807) is 30.3 Å². The summed E-state index contributed by atoms with van der Waals surface area (Å²) in [6, 6.07) is 16.7. The molecule has 12 heteroatoms. The molecule has 0 bridgehead atoms. The number of halogens is 3. The average Bonchev–Trinajstić information content (AvgIpc) is 3.11. The zero-order chi connectivity index (χ0) is 30.0. The van der Waals surface area contributed by atoms with Crippen LogP contribution in [0.25, 0.3) is 0 Å². The van der Waals surface area contributed by atoms with Crippen molar-refractivity contribution in [2.75, 3.05) is 32.8 Å². The van der Waals surface area contributed by atoms with Crippen molar-refractivity contribution in [3.05, 3.63) is 71.8 Å². The molecule has 2 heterocycles. The zero-order valence-corrected chi connectivity index (χ0v) is 22.9. The summed E-state index contributed by atoms with van der Waals surface area (Å²) in [7, 11) is 0. The van der Waals surface area contributed by atoms with Gasteiger partial charge in [-0.2, -0.15) is 13.2 Å². The van der Waals surface area contributed by atoms with Crippen molar-refractivity contribution in [1.82, 2.24) is 14.7 Å². The maximum absolute atomic E-state index is 14.0. The van der Waals surface area contributed by atoms with Gasteiger partial charge in [-0.15, -0.1) is 0 Å². The fourth-order valence-electron chi connectivity index (χ4n) is 5.38. The lowest BCUT2D eigenvalue weighted by Gasteiger charge is -2.46. The topological polar surface area (TPSA) is 113 Å². The van der Waals surface area contributed by atoms with Crippen LogP contribution in [0, 0.1) is 11.3 Å². The van der Waals surface area contributed by atoms with Crippen LogP contribution in [0.4, 0.5) is 18.0 Å². The van der Waals surface area contributed by atoms with Gasteiger partial charge in [-0.05, 0) is 11.1 Å². The summed E-state index contributed by atoms with van der Waals surface area (Å²) >= 11 is 0. The van der Waals surface area contributed by atoms with Gasteiger partial charge in [0.15, 0.2) is 0 Å². The van der Waals surface area contributed by atoms with Crippen molar-refractivity contribution in [2.24, 2.45) is 17.1 Å². The molecule has 0 saturated carbocycles. The van der Waals surface area contributed by atoms with Crippen LogP contribution in [0.5, 0.6) is 0 Å². The lowest BCUT2D eigenvalue weighted by Crippen LogP contribution is -2.66. The van der Waals surface area contributed by atoms with E-state index < -0.39 is 53.3 Å². The van der Waals surface area contributed by atoms with Gasteiger partial charge in [0.1, 0.15) is 12.1 Å². The molecule has 2 saturated heterocycles. The van der Waals surface area contributed by atoms with E-state index in [9.17, 15) is 32.3 Å². The Kier molecular flexibility index (Phi) is 8.44. The molecule has 2 aromatic carbocycles.